The number of hydrogen-bond acceptors (Lipinski definition) is 4. The van der Waals surface area contributed by atoms with Gasteiger partial charge < -0.3 is 0 Å². The van der Waals surface area contributed by atoms with Gasteiger partial charge in [0.15, 0.2) is 0 Å². The molecule has 2 fully saturated rings. The van der Waals surface area contributed by atoms with Crippen LogP contribution in [0.4, 0.5) is 0 Å². The van der Waals surface area contributed by atoms with Gasteiger partial charge in [-0.1, -0.05) is 45.4 Å². The Morgan fingerprint density at radius 3 is 1.71 bits per heavy atom. The standard InChI is InChI=1S/C16H29O4P/c1-2-9-16(17)21(18,19-14-10-5-3-6-11-14)20-15-12-7-4-8-13-15/h14-15H,2-13H2,1H3. The van der Waals surface area contributed by atoms with Crippen molar-refractivity contribution >= 4 is 13.1 Å². The molecule has 0 spiro atoms. The Morgan fingerprint density at radius 2 is 1.33 bits per heavy atom. The molecule has 2 aliphatic carbocycles. The van der Waals surface area contributed by atoms with Gasteiger partial charge in [-0.2, -0.15) is 0 Å². The van der Waals surface area contributed by atoms with Crippen LogP contribution in [0.25, 0.3) is 0 Å². The van der Waals surface area contributed by atoms with E-state index in [1.165, 1.54) is 12.8 Å². The quantitative estimate of drug-likeness (QED) is 0.605. The third kappa shape index (κ3) is 5.19. The van der Waals surface area contributed by atoms with Gasteiger partial charge in [0.1, 0.15) is 0 Å². The van der Waals surface area contributed by atoms with Crippen molar-refractivity contribution in [3.8, 4) is 0 Å². The van der Waals surface area contributed by atoms with Crippen molar-refractivity contribution in [2.24, 2.45) is 0 Å². The zero-order chi connectivity index (χ0) is 15.1. The van der Waals surface area contributed by atoms with E-state index in [0.717, 1.165) is 51.4 Å². The van der Waals surface area contributed by atoms with Crippen LogP contribution in [-0.4, -0.2) is 17.7 Å². The Morgan fingerprint density at radius 1 is 0.905 bits per heavy atom. The third-order valence-corrected chi connectivity index (χ3v) is 6.44. The van der Waals surface area contributed by atoms with Crippen LogP contribution in [0.1, 0.15) is 84.0 Å². The Labute approximate surface area is 128 Å². The number of rotatable bonds is 7. The molecule has 0 aliphatic heterocycles. The van der Waals surface area contributed by atoms with Crippen LogP contribution in [-0.2, 0) is 18.4 Å². The van der Waals surface area contributed by atoms with Crippen molar-refractivity contribution in [3.05, 3.63) is 0 Å². The van der Waals surface area contributed by atoms with Gasteiger partial charge in [0.05, 0.1) is 12.2 Å². The van der Waals surface area contributed by atoms with Gasteiger partial charge in [-0.05, 0) is 32.1 Å². The molecule has 5 heteroatoms. The van der Waals surface area contributed by atoms with Crippen molar-refractivity contribution < 1.29 is 18.4 Å². The fourth-order valence-corrected chi connectivity index (χ4v) is 5.22. The average molecular weight is 316 g/mol. The van der Waals surface area contributed by atoms with Crippen LogP contribution >= 0.6 is 7.60 Å². The highest BCUT2D eigenvalue weighted by Gasteiger charge is 2.39. The van der Waals surface area contributed by atoms with Crippen molar-refractivity contribution in [3.63, 3.8) is 0 Å². The summed E-state index contributed by atoms with van der Waals surface area (Å²) < 4.78 is 24.6. The number of carbonyl (C=O) groups excluding carboxylic acids is 1. The lowest BCUT2D eigenvalue weighted by Gasteiger charge is -2.30. The van der Waals surface area contributed by atoms with E-state index in [0.29, 0.717) is 6.42 Å². The monoisotopic (exact) mass is 316 g/mol. The summed E-state index contributed by atoms with van der Waals surface area (Å²) in [7, 11) is -3.60. The van der Waals surface area contributed by atoms with Gasteiger partial charge in [-0.15, -0.1) is 0 Å². The molecule has 0 saturated heterocycles. The highest BCUT2D eigenvalue weighted by atomic mass is 31.2. The second kappa shape index (κ2) is 8.45. The van der Waals surface area contributed by atoms with E-state index in [2.05, 4.69) is 0 Å². The minimum absolute atomic E-state index is 0.0611. The van der Waals surface area contributed by atoms with Crippen molar-refractivity contribution in [2.75, 3.05) is 0 Å². The Bertz CT molecular complexity index is 346. The van der Waals surface area contributed by atoms with Crippen molar-refractivity contribution in [1.82, 2.24) is 0 Å². The molecule has 0 radical (unpaired) electrons. The van der Waals surface area contributed by atoms with E-state index in [9.17, 15) is 9.36 Å². The van der Waals surface area contributed by atoms with Crippen molar-refractivity contribution in [2.45, 2.75) is 96.2 Å². The van der Waals surface area contributed by atoms with E-state index in [1.54, 1.807) is 0 Å². The first-order valence-electron chi connectivity index (χ1n) is 8.64. The molecule has 2 rings (SSSR count). The summed E-state index contributed by atoms with van der Waals surface area (Å²) in [6, 6.07) is 0. The Hall–Kier alpha value is -0.180. The summed E-state index contributed by atoms with van der Waals surface area (Å²) in [5.41, 5.74) is -0.318. The summed E-state index contributed by atoms with van der Waals surface area (Å²) in [4.78, 5) is 12.3. The van der Waals surface area contributed by atoms with E-state index >= 15 is 0 Å². The molecule has 0 amide bonds. The molecule has 0 aromatic heterocycles. The molecule has 0 bridgehead atoms. The lowest BCUT2D eigenvalue weighted by Crippen LogP contribution is -2.23. The van der Waals surface area contributed by atoms with Crippen molar-refractivity contribution in [1.29, 1.82) is 0 Å². The molecule has 0 aromatic carbocycles. The second-order valence-corrected chi connectivity index (χ2v) is 8.29. The first-order valence-corrected chi connectivity index (χ1v) is 10.2. The van der Waals surface area contributed by atoms with Gasteiger partial charge in [0.2, 0.25) is 5.52 Å². The second-order valence-electron chi connectivity index (χ2n) is 6.37. The van der Waals surface area contributed by atoms with Gasteiger partial charge in [0, 0.05) is 6.42 Å². The first-order chi connectivity index (χ1) is 10.1. The summed E-state index contributed by atoms with van der Waals surface area (Å²) in [5.74, 6) is 0. The number of hydrogen-bond donors (Lipinski definition) is 0. The molecular formula is C16H29O4P. The summed E-state index contributed by atoms with van der Waals surface area (Å²) in [6.45, 7) is 1.92. The van der Waals surface area contributed by atoms with Crippen LogP contribution in [0.5, 0.6) is 0 Å². The molecule has 0 aromatic rings. The molecule has 0 atom stereocenters. The van der Waals surface area contributed by atoms with E-state index in [-0.39, 0.29) is 24.2 Å². The summed E-state index contributed by atoms with van der Waals surface area (Å²) >= 11 is 0. The van der Waals surface area contributed by atoms with E-state index in [4.69, 9.17) is 9.05 Å². The van der Waals surface area contributed by atoms with Crippen LogP contribution in [0.2, 0.25) is 0 Å². The van der Waals surface area contributed by atoms with Gasteiger partial charge in [-0.3, -0.25) is 18.4 Å². The van der Waals surface area contributed by atoms with E-state index in [1.807, 2.05) is 6.92 Å². The van der Waals surface area contributed by atoms with Crippen LogP contribution in [0, 0.1) is 0 Å². The molecular weight excluding hydrogens is 287 g/mol. The molecule has 0 N–H and O–H groups in total. The lowest BCUT2D eigenvalue weighted by atomic mass is 9.98. The molecule has 2 aliphatic rings. The maximum Gasteiger partial charge on any atom is 0.397 e. The first kappa shape index (κ1) is 17.2. The normalized spacial score (nSPS) is 22.3. The zero-order valence-corrected chi connectivity index (χ0v) is 14.1. The van der Waals surface area contributed by atoms with E-state index < -0.39 is 7.60 Å². The van der Waals surface area contributed by atoms with Gasteiger partial charge in [-0.25, -0.2) is 0 Å². The highest BCUT2D eigenvalue weighted by Crippen LogP contribution is 2.55. The molecule has 4 nitrogen and oxygen atoms in total. The van der Waals surface area contributed by atoms with Gasteiger partial charge >= 0.3 is 7.60 Å². The molecule has 122 valence electrons. The Balaban J connectivity index is 2.01. The van der Waals surface area contributed by atoms with Crippen LogP contribution < -0.4 is 0 Å². The van der Waals surface area contributed by atoms with Gasteiger partial charge in [0.25, 0.3) is 0 Å². The fraction of sp³-hybridized carbons (Fsp3) is 0.938. The topological polar surface area (TPSA) is 52.6 Å². The molecule has 21 heavy (non-hydrogen) atoms. The minimum Gasteiger partial charge on any atom is -0.300 e. The predicted molar refractivity (Wildman–Crippen MR) is 83.4 cm³/mol. The zero-order valence-electron chi connectivity index (χ0n) is 13.2. The summed E-state index contributed by atoms with van der Waals surface area (Å²) in [6.07, 6.45) is 11.2. The average Bonchev–Trinajstić information content (AvgIpc) is 2.49. The smallest absolute Gasteiger partial charge is 0.300 e. The number of carbonyl (C=O) groups is 1. The highest BCUT2D eigenvalue weighted by molar-refractivity contribution is 7.71. The minimum atomic E-state index is -3.60. The largest absolute Gasteiger partial charge is 0.397 e. The summed E-state index contributed by atoms with van der Waals surface area (Å²) in [5, 5.41) is 0. The Kier molecular flexibility index (Phi) is 6.91. The lowest BCUT2D eigenvalue weighted by molar-refractivity contribution is -0.115. The fourth-order valence-electron chi connectivity index (χ4n) is 3.23. The SMILES string of the molecule is CCCC(=O)P(=O)(OC1CCCCC1)OC1CCCCC1. The molecule has 0 heterocycles. The molecule has 0 unspecified atom stereocenters. The third-order valence-electron chi connectivity index (χ3n) is 4.45. The van der Waals surface area contributed by atoms with Crippen LogP contribution in [0.15, 0.2) is 0 Å². The van der Waals surface area contributed by atoms with Crippen LogP contribution in [0.3, 0.4) is 0 Å². The predicted octanol–water partition coefficient (Wildman–Crippen LogP) is 5.20. The molecule has 2 saturated carbocycles. The maximum absolute atomic E-state index is 13.0. The maximum atomic E-state index is 13.0.